The molecule has 0 spiro atoms. The molecule has 2 aliphatic rings. The Kier molecular flexibility index (Phi) is 7.28. The van der Waals surface area contributed by atoms with E-state index >= 15 is 0 Å². The molecule has 7 nitrogen and oxygen atoms in total. The van der Waals surface area contributed by atoms with Crippen molar-refractivity contribution in [2.75, 3.05) is 52.6 Å². The molecule has 0 aromatic heterocycles. The van der Waals surface area contributed by atoms with E-state index in [2.05, 4.69) is 30.1 Å². The molecule has 0 aliphatic carbocycles. The van der Waals surface area contributed by atoms with Crippen LogP contribution in [0.4, 0.5) is 4.79 Å². The minimum Gasteiger partial charge on any atom is -0.322 e. The topological polar surface area (TPSA) is 64.2 Å². The van der Waals surface area contributed by atoms with Gasteiger partial charge in [-0.15, -0.1) is 0 Å². The summed E-state index contributed by atoms with van der Waals surface area (Å²) in [6.07, 6.45) is 1.22. The summed E-state index contributed by atoms with van der Waals surface area (Å²) >= 11 is 6.18. The third-order valence-corrected chi connectivity index (χ3v) is 8.19. The highest BCUT2D eigenvalue weighted by Gasteiger charge is 2.40. The number of carbonyl (C=O) groups is 1. The first kappa shape index (κ1) is 24.0. The molecule has 2 aromatic carbocycles. The molecule has 2 fully saturated rings. The number of rotatable bonds is 5. The molecule has 2 amide bonds. The van der Waals surface area contributed by atoms with Gasteiger partial charge in [0.15, 0.2) is 0 Å². The van der Waals surface area contributed by atoms with Crippen LogP contribution in [0, 0.1) is 0 Å². The number of amides is 2. The van der Waals surface area contributed by atoms with Crippen LogP contribution in [0.15, 0.2) is 54.6 Å². The Morgan fingerprint density at radius 2 is 1.70 bits per heavy atom. The maximum atomic E-state index is 13.4. The zero-order valence-electron chi connectivity index (χ0n) is 19.1. The largest absolute Gasteiger partial charge is 0.322 e. The molecular formula is C24H31ClN4O3S. The van der Waals surface area contributed by atoms with E-state index in [1.165, 1.54) is 16.1 Å². The number of carbonyl (C=O) groups excluding carboxylic acids is 1. The average Bonchev–Trinajstić information content (AvgIpc) is 3.24. The van der Waals surface area contributed by atoms with E-state index in [4.69, 9.17) is 11.6 Å². The number of hydrogen-bond donors (Lipinski definition) is 0. The number of halogens is 1. The summed E-state index contributed by atoms with van der Waals surface area (Å²) in [5.41, 5.74) is 2.36. The van der Waals surface area contributed by atoms with Crippen molar-refractivity contribution in [1.82, 2.24) is 19.0 Å². The lowest BCUT2D eigenvalue weighted by molar-refractivity contribution is 0.138. The molecule has 0 unspecified atom stereocenters. The molecule has 2 aromatic rings. The number of sulfonamides is 1. The highest BCUT2D eigenvalue weighted by Crippen LogP contribution is 2.32. The van der Waals surface area contributed by atoms with E-state index in [1.807, 2.05) is 41.3 Å². The van der Waals surface area contributed by atoms with Crippen molar-refractivity contribution in [1.29, 1.82) is 0 Å². The first-order chi connectivity index (χ1) is 15.7. The second-order valence-corrected chi connectivity index (χ2v) is 11.4. The molecule has 0 bridgehead atoms. The lowest BCUT2D eigenvalue weighted by Crippen LogP contribution is -2.53. The van der Waals surface area contributed by atoms with Crippen molar-refractivity contribution in [3.05, 3.63) is 70.7 Å². The standard InChI is InChI=1S/C24H31ClN4O3S/c1-26(16-19-7-6-10-21(25)15-19)23-18-28(17-22(23)20-8-4-3-5-9-20)24(30)27-11-13-29(14-12-27)33(2,31)32/h3-10,15,22-23H,11-14,16-18H2,1-2H3/t22-,23+/m1/s1. The predicted octanol–water partition coefficient (Wildman–Crippen LogP) is 2.94. The summed E-state index contributed by atoms with van der Waals surface area (Å²) in [6, 6.07) is 18.4. The van der Waals surface area contributed by atoms with Gasteiger partial charge < -0.3 is 9.80 Å². The van der Waals surface area contributed by atoms with Crippen LogP contribution in [0.3, 0.4) is 0 Å². The summed E-state index contributed by atoms with van der Waals surface area (Å²) < 4.78 is 25.1. The second kappa shape index (κ2) is 10.0. The number of urea groups is 1. The molecule has 178 valence electrons. The van der Waals surface area contributed by atoms with Gasteiger partial charge in [0.05, 0.1) is 6.26 Å². The smallest absolute Gasteiger partial charge is 0.320 e. The Labute approximate surface area is 201 Å². The summed E-state index contributed by atoms with van der Waals surface area (Å²) in [7, 11) is -1.13. The Morgan fingerprint density at radius 3 is 2.33 bits per heavy atom. The third kappa shape index (κ3) is 5.69. The van der Waals surface area contributed by atoms with Crippen molar-refractivity contribution < 1.29 is 13.2 Å². The molecule has 2 atom stereocenters. The lowest BCUT2D eigenvalue weighted by Gasteiger charge is -2.35. The van der Waals surface area contributed by atoms with Gasteiger partial charge in [-0.05, 0) is 30.3 Å². The Balaban J connectivity index is 1.48. The number of hydrogen-bond acceptors (Lipinski definition) is 4. The number of likely N-dealkylation sites (tertiary alicyclic amines) is 1. The van der Waals surface area contributed by atoms with E-state index in [0.717, 1.165) is 17.1 Å². The van der Waals surface area contributed by atoms with Crippen molar-refractivity contribution in [2.24, 2.45) is 0 Å². The van der Waals surface area contributed by atoms with Crippen molar-refractivity contribution in [3.63, 3.8) is 0 Å². The fourth-order valence-electron chi connectivity index (χ4n) is 4.87. The molecule has 0 N–H and O–H groups in total. The van der Waals surface area contributed by atoms with Gasteiger partial charge in [-0.1, -0.05) is 54.1 Å². The van der Waals surface area contributed by atoms with Crippen LogP contribution in [0.25, 0.3) is 0 Å². The van der Waals surface area contributed by atoms with Gasteiger partial charge in [-0.3, -0.25) is 4.90 Å². The Bertz CT molecular complexity index is 1070. The molecule has 2 aliphatic heterocycles. The number of benzene rings is 2. The SMILES string of the molecule is CN(Cc1cccc(Cl)c1)[C@H]1CN(C(=O)N2CCN(S(C)(=O)=O)CC2)C[C@@H]1c1ccccc1. The van der Waals surface area contributed by atoms with Gasteiger partial charge in [-0.2, -0.15) is 4.31 Å². The first-order valence-electron chi connectivity index (χ1n) is 11.2. The summed E-state index contributed by atoms with van der Waals surface area (Å²) in [4.78, 5) is 19.4. The fraction of sp³-hybridized carbons (Fsp3) is 0.458. The second-order valence-electron chi connectivity index (χ2n) is 8.97. The molecule has 4 rings (SSSR count). The van der Waals surface area contributed by atoms with Gasteiger partial charge in [0.25, 0.3) is 0 Å². The molecule has 33 heavy (non-hydrogen) atoms. The van der Waals surface area contributed by atoms with Crippen LogP contribution in [0.1, 0.15) is 17.0 Å². The van der Waals surface area contributed by atoms with Crippen LogP contribution in [-0.4, -0.2) is 92.1 Å². The maximum absolute atomic E-state index is 13.4. The number of nitrogens with zero attached hydrogens (tertiary/aromatic N) is 4. The van der Waals surface area contributed by atoms with Gasteiger partial charge in [0.2, 0.25) is 10.0 Å². The third-order valence-electron chi connectivity index (χ3n) is 6.65. The van der Waals surface area contributed by atoms with Gasteiger partial charge in [0.1, 0.15) is 0 Å². The van der Waals surface area contributed by atoms with E-state index in [-0.39, 0.29) is 18.0 Å². The fourth-order valence-corrected chi connectivity index (χ4v) is 5.91. The quantitative estimate of drug-likeness (QED) is 0.646. The monoisotopic (exact) mass is 490 g/mol. The normalized spacial score (nSPS) is 22.2. The zero-order chi connectivity index (χ0) is 23.6. The van der Waals surface area contributed by atoms with E-state index in [0.29, 0.717) is 39.3 Å². The summed E-state index contributed by atoms with van der Waals surface area (Å²) in [6.45, 7) is 3.53. The van der Waals surface area contributed by atoms with Crippen LogP contribution in [0.2, 0.25) is 5.02 Å². The molecule has 2 saturated heterocycles. The van der Waals surface area contributed by atoms with Crippen LogP contribution < -0.4 is 0 Å². The minimum absolute atomic E-state index is 0.0114. The molecule has 9 heteroatoms. The van der Waals surface area contributed by atoms with Crippen LogP contribution in [0.5, 0.6) is 0 Å². The molecule has 0 radical (unpaired) electrons. The zero-order valence-corrected chi connectivity index (χ0v) is 20.7. The number of likely N-dealkylation sites (N-methyl/N-ethyl adjacent to an activating group) is 1. The van der Waals surface area contributed by atoms with Crippen molar-refractivity contribution >= 4 is 27.7 Å². The number of piperazine rings is 1. The lowest BCUT2D eigenvalue weighted by atomic mass is 9.93. The summed E-state index contributed by atoms with van der Waals surface area (Å²) in [5, 5.41) is 0.719. The first-order valence-corrected chi connectivity index (χ1v) is 13.4. The maximum Gasteiger partial charge on any atom is 0.320 e. The average molecular weight is 491 g/mol. The van der Waals surface area contributed by atoms with Gasteiger partial charge in [-0.25, -0.2) is 13.2 Å². The Hall–Kier alpha value is -2.13. The highest BCUT2D eigenvalue weighted by atomic mass is 35.5. The van der Waals surface area contributed by atoms with E-state index in [1.54, 1.807) is 4.90 Å². The van der Waals surface area contributed by atoms with Gasteiger partial charge in [0, 0.05) is 62.8 Å². The van der Waals surface area contributed by atoms with E-state index in [9.17, 15) is 13.2 Å². The molecule has 2 heterocycles. The van der Waals surface area contributed by atoms with Crippen molar-refractivity contribution in [3.8, 4) is 0 Å². The summed E-state index contributed by atoms with van der Waals surface area (Å²) in [5.74, 6) is 0.191. The van der Waals surface area contributed by atoms with Gasteiger partial charge >= 0.3 is 6.03 Å². The molecule has 0 saturated carbocycles. The van der Waals surface area contributed by atoms with Crippen LogP contribution >= 0.6 is 11.6 Å². The Morgan fingerprint density at radius 1 is 1.00 bits per heavy atom. The van der Waals surface area contributed by atoms with E-state index < -0.39 is 10.0 Å². The highest BCUT2D eigenvalue weighted by molar-refractivity contribution is 7.88. The van der Waals surface area contributed by atoms with Crippen LogP contribution in [-0.2, 0) is 16.6 Å². The minimum atomic E-state index is -3.23. The predicted molar refractivity (Wildman–Crippen MR) is 131 cm³/mol. The van der Waals surface area contributed by atoms with Crippen molar-refractivity contribution in [2.45, 2.75) is 18.5 Å². The molecular weight excluding hydrogens is 460 g/mol.